The largest absolute Gasteiger partial charge is 0.392 e. The van der Waals surface area contributed by atoms with Gasteiger partial charge in [-0.1, -0.05) is 36.8 Å². The summed E-state index contributed by atoms with van der Waals surface area (Å²) in [6, 6.07) is 14.6. The lowest BCUT2D eigenvalue weighted by Crippen LogP contribution is -2.38. The van der Waals surface area contributed by atoms with Crippen LogP contribution >= 0.6 is 0 Å². The highest BCUT2D eigenvalue weighted by molar-refractivity contribution is 7.89. The molecule has 0 spiro atoms. The quantitative estimate of drug-likeness (QED) is 0.863. The molecule has 2 aromatic carbocycles. The van der Waals surface area contributed by atoms with E-state index >= 15 is 0 Å². The second-order valence-electron chi connectivity index (χ2n) is 7.29. The highest BCUT2D eigenvalue weighted by Crippen LogP contribution is 2.44. The summed E-state index contributed by atoms with van der Waals surface area (Å²) in [5.74, 6) is 1.20. The summed E-state index contributed by atoms with van der Waals surface area (Å²) in [5, 5.41) is 9.30. The van der Waals surface area contributed by atoms with Crippen LogP contribution in [0.4, 0.5) is 0 Å². The summed E-state index contributed by atoms with van der Waals surface area (Å²) < 4.78 is 28.6. The van der Waals surface area contributed by atoms with Crippen LogP contribution in [0.3, 0.4) is 0 Å². The standard InChI is InChI=1S/C20H23NO3S/c22-13-15-3-1-4-16(10-15)17-5-2-6-19(12-17)25(23,24)21-20-11-14-7-8-18(20)9-14/h1-6,10,12,14,18,20-22H,7-9,11,13H2/t14-,18+,20-/m1/s1. The van der Waals surface area contributed by atoms with Gasteiger partial charge in [-0.15, -0.1) is 0 Å². The van der Waals surface area contributed by atoms with Gasteiger partial charge >= 0.3 is 0 Å². The lowest BCUT2D eigenvalue weighted by molar-refractivity contribution is 0.282. The van der Waals surface area contributed by atoms with Crippen LogP contribution in [0.25, 0.3) is 11.1 Å². The van der Waals surface area contributed by atoms with Crippen molar-refractivity contribution in [2.75, 3.05) is 0 Å². The zero-order valence-electron chi connectivity index (χ0n) is 14.1. The summed E-state index contributed by atoms with van der Waals surface area (Å²) in [4.78, 5) is 0.308. The molecular weight excluding hydrogens is 334 g/mol. The molecule has 25 heavy (non-hydrogen) atoms. The van der Waals surface area contributed by atoms with Crippen LogP contribution in [0.1, 0.15) is 31.2 Å². The molecule has 2 saturated carbocycles. The minimum absolute atomic E-state index is 0.0301. The average Bonchev–Trinajstić information content (AvgIpc) is 3.24. The Kier molecular flexibility index (Phi) is 4.40. The minimum Gasteiger partial charge on any atom is -0.392 e. The Morgan fingerprint density at radius 1 is 1.00 bits per heavy atom. The first-order valence-corrected chi connectivity index (χ1v) is 10.4. The number of aliphatic hydroxyl groups excluding tert-OH is 1. The van der Waals surface area contributed by atoms with Crippen molar-refractivity contribution < 1.29 is 13.5 Å². The third-order valence-corrected chi connectivity index (χ3v) is 7.12. The molecule has 2 aromatic rings. The minimum atomic E-state index is -3.51. The molecule has 4 rings (SSSR count). The van der Waals surface area contributed by atoms with E-state index in [1.807, 2.05) is 30.3 Å². The van der Waals surface area contributed by atoms with Crippen molar-refractivity contribution in [1.29, 1.82) is 0 Å². The second kappa shape index (κ2) is 6.56. The Balaban J connectivity index is 1.59. The Hall–Kier alpha value is -1.69. The molecule has 0 unspecified atom stereocenters. The molecule has 2 bridgehead atoms. The summed E-state index contributed by atoms with van der Waals surface area (Å²) in [5.41, 5.74) is 2.56. The number of benzene rings is 2. The fraction of sp³-hybridized carbons (Fsp3) is 0.400. The number of hydrogen-bond acceptors (Lipinski definition) is 3. The lowest BCUT2D eigenvalue weighted by Gasteiger charge is -2.22. The van der Waals surface area contributed by atoms with Crippen molar-refractivity contribution in [1.82, 2.24) is 4.72 Å². The molecule has 132 valence electrons. The highest BCUT2D eigenvalue weighted by atomic mass is 32.2. The number of rotatable bonds is 5. The number of nitrogens with one attached hydrogen (secondary N) is 1. The van der Waals surface area contributed by atoms with Gasteiger partial charge in [-0.05, 0) is 66.0 Å². The van der Waals surface area contributed by atoms with Gasteiger partial charge in [0, 0.05) is 6.04 Å². The predicted molar refractivity (Wildman–Crippen MR) is 97.4 cm³/mol. The molecule has 5 heteroatoms. The highest BCUT2D eigenvalue weighted by Gasteiger charge is 2.41. The van der Waals surface area contributed by atoms with E-state index in [1.54, 1.807) is 18.2 Å². The number of hydrogen-bond donors (Lipinski definition) is 2. The number of aliphatic hydroxyl groups is 1. The molecule has 0 aromatic heterocycles. The van der Waals surface area contributed by atoms with Gasteiger partial charge in [0.1, 0.15) is 0 Å². The first kappa shape index (κ1) is 16.8. The number of sulfonamides is 1. The first-order valence-electron chi connectivity index (χ1n) is 8.88. The van der Waals surface area contributed by atoms with E-state index in [0.717, 1.165) is 29.5 Å². The molecule has 2 fully saturated rings. The Morgan fingerprint density at radius 2 is 1.76 bits per heavy atom. The summed E-state index contributed by atoms with van der Waals surface area (Å²) in [7, 11) is -3.51. The Bertz CT molecular complexity index is 878. The van der Waals surface area contributed by atoms with Crippen molar-refractivity contribution in [3.8, 4) is 11.1 Å². The Labute approximate surface area is 149 Å². The fourth-order valence-electron chi connectivity index (χ4n) is 4.35. The van der Waals surface area contributed by atoms with E-state index in [-0.39, 0.29) is 12.6 Å². The van der Waals surface area contributed by atoms with Crippen LogP contribution < -0.4 is 4.72 Å². The summed E-state index contributed by atoms with van der Waals surface area (Å²) >= 11 is 0. The molecule has 0 heterocycles. The van der Waals surface area contributed by atoms with Gasteiger partial charge in [0.2, 0.25) is 10.0 Å². The normalized spacial score (nSPS) is 25.4. The molecule has 0 amide bonds. The zero-order chi connectivity index (χ0) is 17.4. The van der Waals surface area contributed by atoms with Gasteiger partial charge in [0.15, 0.2) is 0 Å². The first-order chi connectivity index (χ1) is 12.0. The van der Waals surface area contributed by atoms with Gasteiger partial charge in [-0.25, -0.2) is 13.1 Å². The number of fused-ring (bicyclic) bond motifs is 2. The molecule has 2 N–H and O–H groups in total. The summed E-state index contributed by atoms with van der Waals surface area (Å²) in [6.45, 7) is -0.0301. The van der Waals surface area contributed by atoms with E-state index in [0.29, 0.717) is 16.7 Å². The van der Waals surface area contributed by atoms with Gasteiger partial charge in [0.05, 0.1) is 11.5 Å². The Morgan fingerprint density at radius 3 is 2.44 bits per heavy atom. The maximum absolute atomic E-state index is 12.8. The monoisotopic (exact) mass is 357 g/mol. The molecule has 0 aliphatic heterocycles. The third-order valence-electron chi connectivity index (χ3n) is 5.63. The van der Waals surface area contributed by atoms with Gasteiger partial charge in [-0.3, -0.25) is 0 Å². The van der Waals surface area contributed by atoms with E-state index in [1.165, 1.54) is 12.8 Å². The molecule has 2 aliphatic rings. The SMILES string of the molecule is O=S(=O)(N[C@@H]1C[C@@H]2CC[C@H]1C2)c1cccc(-c2cccc(CO)c2)c1. The van der Waals surface area contributed by atoms with Crippen LogP contribution in [0.15, 0.2) is 53.4 Å². The molecule has 2 aliphatic carbocycles. The van der Waals surface area contributed by atoms with E-state index < -0.39 is 10.0 Å². The smallest absolute Gasteiger partial charge is 0.240 e. The maximum Gasteiger partial charge on any atom is 0.240 e. The topological polar surface area (TPSA) is 66.4 Å². The van der Waals surface area contributed by atoms with Gasteiger partial charge in [0.25, 0.3) is 0 Å². The predicted octanol–water partition coefficient (Wildman–Crippen LogP) is 3.31. The van der Waals surface area contributed by atoms with Crippen LogP contribution in [0.2, 0.25) is 0 Å². The molecule has 3 atom stereocenters. The fourth-order valence-corrected chi connectivity index (χ4v) is 5.71. The van der Waals surface area contributed by atoms with Crippen LogP contribution in [0, 0.1) is 11.8 Å². The molecule has 4 nitrogen and oxygen atoms in total. The van der Waals surface area contributed by atoms with E-state index in [4.69, 9.17) is 0 Å². The van der Waals surface area contributed by atoms with Gasteiger partial charge < -0.3 is 5.11 Å². The van der Waals surface area contributed by atoms with Crippen molar-refractivity contribution >= 4 is 10.0 Å². The third kappa shape index (κ3) is 3.36. The van der Waals surface area contributed by atoms with Crippen LogP contribution in [-0.2, 0) is 16.6 Å². The summed E-state index contributed by atoms with van der Waals surface area (Å²) in [6.07, 6.45) is 4.54. The molecule has 0 radical (unpaired) electrons. The van der Waals surface area contributed by atoms with Gasteiger partial charge in [-0.2, -0.15) is 0 Å². The van der Waals surface area contributed by atoms with Crippen molar-refractivity contribution in [2.24, 2.45) is 11.8 Å². The van der Waals surface area contributed by atoms with Crippen LogP contribution in [0.5, 0.6) is 0 Å². The van der Waals surface area contributed by atoms with Crippen molar-refractivity contribution in [3.05, 3.63) is 54.1 Å². The average molecular weight is 357 g/mol. The maximum atomic E-state index is 12.8. The molecular formula is C20H23NO3S. The second-order valence-corrected chi connectivity index (χ2v) is 9.00. The van der Waals surface area contributed by atoms with E-state index in [2.05, 4.69) is 4.72 Å². The van der Waals surface area contributed by atoms with Crippen molar-refractivity contribution in [3.63, 3.8) is 0 Å². The zero-order valence-corrected chi connectivity index (χ0v) is 14.9. The molecule has 0 saturated heterocycles. The van der Waals surface area contributed by atoms with Crippen LogP contribution in [-0.4, -0.2) is 19.6 Å². The van der Waals surface area contributed by atoms with E-state index in [9.17, 15) is 13.5 Å². The lowest BCUT2D eigenvalue weighted by atomic mass is 9.96. The van der Waals surface area contributed by atoms with Crippen molar-refractivity contribution in [2.45, 2.75) is 43.2 Å².